The van der Waals surface area contributed by atoms with Gasteiger partial charge in [-0.3, -0.25) is 0 Å². The van der Waals surface area contributed by atoms with E-state index in [2.05, 4.69) is 10.3 Å². The summed E-state index contributed by atoms with van der Waals surface area (Å²) in [6.45, 7) is 2.21. The lowest BCUT2D eigenvalue weighted by Gasteiger charge is -2.10. The number of nitrogens with one attached hydrogen (secondary N) is 1. The summed E-state index contributed by atoms with van der Waals surface area (Å²) in [7, 11) is 0. The molecule has 21 heavy (non-hydrogen) atoms. The molecule has 1 N–H and O–H groups in total. The summed E-state index contributed by atoms with van der Waals surface area (Å²) in [5, 5.41) is 2.92. The minimum absolute atomic E-state index is 0.0129. The number of hydrogen-bond acceptors (Lipinski definition) is 2. The minimum Gasteiger partial charge on any atom is -0.376 e. The Bertz CT molecular complexity index is 791. The van der Waals surface area contributed by atoms with E-state index in [0.717, 1.165) is 29.2 Å². The lowest BCUT2D eigenvalue weighted by molar-refractivity contribution is 0.585. The van der Waals surface area contributed by atoms with E-state index in [1.807, 2.05) is 35.7 Å². The monoisotopic (exact) mass is 307 g/mol. The van der Waals surface area contributed by atoms with Crippen molar-refractivity contribution in [2.24, 2.45) is 0 Å². The van der Waals surface area contributed by atoms with Crippen LogP contribution < -0.4 is 5.32 Å². The number of pyridine rings is 1. The summed E-state index contributed by atoms with van der Waals surface area (Å²) >= 11 is 5.87. The molecule has 108 valence electrons. The van der Waals surface area contributed by atoms with Gasteiger partial charge >= 0.3 is 0 Å². The van der Waals surface area contributed by atoms with Crippen molar-refractivity contribution in [1.82, 2.24) is 9.38 Å². The Morgan fingerprint density at radius 2 is 2.10 bits per heavy atom. The fraction of sp³-hybridized carbons (Fsp3) is 0.133. The van der Waals surface area contributed by atoms with Crippen LogP contribution in [0.2, 0.25) is 5.02 Å². The van der Waals surface area contributed by atoms with E-state index in [1.54, 1.807) is 0 Å². The number of fused-ring (bicyclic) bond motifs is 1. The van der Waals surface area contributed by atoms with E-state index in [-0.39, 0.29) is 10.7 Å². The predicted molar refractivity (Wildman–Crippen MR) is 78.6 cm³/mol. The Morgan fingerprint density at radius 1 is 1.29 bits per heavy atom. The van der Waals surface area contributed by atoms with Crippen LogP contribution in [0.5, 0.6) is 0 Å². The summed E-state index contributed by atoms with van der Waals surface area (Å²) in [4.78, 5) is 4.42. The van der Waals surface area contributed by atoms with Crippen molar-refractivity contribution in [2.45, 2.75) is 13.5 Å². The van der Waals surface area contributed by atoms with E-state index >= 15 is 0 Å². The van der Waals surface area contributed by atoms with Crippen LogP contribution in [0.25, 0.3) is 5.65 Å². The second kappa shape index (κ2) is 5.33. The molecule has 0 aliphatic carbocycles. The first-order chi connectivity index (χ1) is 10.1. The first kappa shape index (κ1) is 13.8. The topological polar surface area (TPSA) is 29.3 Å². The molecule has 0 radical (unpaired) electrons. The lowest BCUT2D eigenvalue weighted by atomic mass is 10.2. The van der Waals surface area contributed by atoms with Crippen LogP contribution in [0.3, 0.4) is 0 Å². The number of rotatable bonds is 3. The number of anilines is 1. The molecule has 0 spiro atoms. The highest BCUT2D eigenvalue weighted by molar-refractivity contribution is 6.33. The van der Waals surface area contributed by atoms with Crippen molar-refractivity contribution in [3.05, 3.63) is 64.6 Å². The van der Waals surface area contributed by atoms with Crippen LogP contribution in [-0.4, -0.2) is 9.38 Å². The summed E-state index contributed by atoms with van der Waals surface area (Å²) in [5.74, 6) is -1.42. The van der Waals surface area contributed by atoms with Gasteiger partial charge in [0.25, 0.3) is 0 Å². The van der Waals surface area contributed by atoms with E-state index in [1.165, 1.54) is 0 Å². The molecule has 0 saturated carbocycles. The van der Waals surface area contributed by atoms with Crippen LogP contribution in [0.1, 0.15) is 11.4 Å². The predicted octanol–water partition coefficient (Wildman–Crippen LogP) is 4.19. The molecule has 1 aromatic carbocycles. The first-order valence-corrected chi connectivity index (χ1v) is 6.75. The third-order valence-corrected chi connectivity index (χ3v) is 3.57. The molecule has 2 aromatic heterocycles. The van der Waals surface area contributed by atoms with Gasteiger partial charge in [0.2, 0.25) is 0 Å². The molecule has 0 atom stereocenters. The van der Waals surface area contributed by atoms with Gasteiger partial charge in [-0.25, -0.2) is 13.8 Å². The quantitative estimate of drug-likeness (QED) is 0.786. The number of hydrogen-bond donors (Lipinski definition) is 1. The van der Waals surface area contributed by atoms with Gasteiger partial charge < -0.3 is 9.72 Å². The normalized spacial score (nSPS) is 11.0. The largest absolute Gasteiger partial charge is 0.376 e. The maximum absolute atomic E-state index is 13.7. The van der Waals surface area contributed by atoms with Crippen molar-refractivity contribution in [1.29, 1.82) is 0 Å². The molecule has 0 saturated heterocycles. The van der Waals surface area contributed by atoms with E-state index < -0.39 is 11.6 Å². The van der Waals surface area contributed by atoms with Gasteiger partial charge in [0.05, 0.1) is 28.6 Å². The number of imidazole rings is 1. The van der Waals surface area contributed by atoms with Crippen molar-refractivity contribution in [3.63, 3.8) is 0 Å². The Morgan fingerprint density at radius 3 is 2.86 bits per heavy atom. The summed E-state index contributed by atoms with van der Waals surface area (Å²) in [6, 6.07) is 7.56. The Balaban J connectivity index is 1.92. The molecule has 0 bridgehead atoms. The molecular formula is C15H12ClF2N3. The van der Waals surface area contributed by atoms with Gasteiger partial charge in [-0.15, -0.1) is 0 Å². The molecule has 3 aromatic rings. The van der Waals surface area contributed by atoms with Crippen LogP contribution >= 0.6 is 11.6 Å². The standard InChI is InChI=1S/C15H12ClF2N3/c1-9-13(21-5-3-2-4-14(21)20-9)8-19-15-11(16)6-10(17)7-12(15)18/h2-7,19H,8H2,1H3. The van der Waals surface area contributed by atoms with Crippen molar-refractivity contribution in [3.8, 4) is 0 Å². The number of halogens is 3. The fourth-order valence-corrected chi connectivity index (χ4v) is 2.52. The molecule has 3 nitrogen and oxygen atoms in total. The van der Waals surface area contributed by atoms with Gasteiger partial charge in [0.1, 0.15) is 11.5 Å². The molecule has 3 rings (SSSR count). The van der Waals surface area contributed by atoms with Crippen molar-refractivity contribution in [2.75, 3.05) is 5.32 Å². The molecular weight excluding hydrogens is 296 g/mol. The van der Waals surface area contributed by atoms with Crippen LogP contribution in [0, 0.1) is 18.6 Å². The summed E-state index contributed by atoms with van der Waals surface area (Å²) < 4.78 is 28.7. The average Bonchev–Trinajstić information content (AvgIpc) is 2.73. The number of benzene rings is 1. The second-order valence-electron chi connectivity index (χ2n) is 4.67. The SMILES string of the molecule is Cc1nc2ccccn2c1CNc1c(F)cc(F)cc1Cl. The Labute approximate surface area is 125 Å². The average molecular weight is 308 g/mol. The minimum atomic E-state index is -0.716. The summed E-state index contributed by atoms with van der Waals surface area (Å²) in [5.41, 5.74) is 2.64. The van der Waals surface area contributed by atoms with Gasteiger partial charge in [-0.05, 0) is 25.1 Å². The highest BCUT2D eigenvalue weighted by Gasteiger charge is 2.12. The van der Waals surface area contributed by atoms with Crippen molar-refractivity contribution >= 4 is 22.9 Å². The molecule has 0 fully saturated rings. The third-order valence-electron chi connectivity index (χ3n) is 3.27. The Hall–Kier alpha value is -2.14. The molecule has 0 aliphatic rings. The Kier molecular flexibility index (Phi) is 3.51. The molecule has 0 unspecified atom stereocenters. The number of nitrogens with zero attached hydrogens (tertiary/aromatic N) is 2. The smallest absolute Gasteiger partial charge is 0.150 e. The van der Waals surface area contributed by atoms with Gasteiger partial charge in [-0.2, -0.15) is 0 Å². The van der Waals surface area contributed by atoms with E-state index in [0.29, 0.717) is 6.54 Å². The molecule has 6 heteroatoms. The maximum Gasteiger partial charge on any atom is 0.150 e. The van der Waals surface area contributed by atoms with Crippen LogP contribution in [-0.2, 0) is 6.54 Å². The number of aryl methyl sites for hydroxylation is 1. The van der Waals surface area contributed by atoms with Gasteiger partial charge in [-0.1, -0.05) is 17.7 Å². The van der Waals surface area contributed by atoms with Gasteiger partial charge in [0.15, 0.2) is 5.82 Å². The highest BCUT2D eigenvalue weighted by atomic mass is 35.5. The first-order valence-electron chi connectivity index (χ1n) is 6.37. The van der Waals surface area contributed by atoms with Crippen molar-refractivity contribution < 1.29 is 8.78 Å². The molecule has 0 amide bonds. The second-order valence-corrected chi connectivity index (χ2v) is 5.08. The maximum atomic E-state index is 13.7. The lowest BCUT2D eigenvalue weighted by Crippen LogP contribution is -2.06. The van der Waals surface area contributed by atoms with Crippen LogP contribution in [0.15, 0.2) is 36.5 Å². The zero-order chi connectivity index (χ0) is 15.0. The third kappa shape index (κ3) is 2.56. The highest BCUT2D eigenvalue weighted by Crippen LogP contribution is 2.27. The molecule has 2 heterocycles. The van der Waals surface area contributed by atoms with E-state index in [4.69, 9.17) is 11.6 Å². The fourth-order valence-electron chi connectivity index (χ4n) is 2.26. The molecule has 0 aliphatic heterocycles. The summed E-state index contributed by atoms with van der Waals surface area (Å²) in [6.07, 6.45) is 1.88. The number of aromatic nitrogens is 2. The zero-order valence-corrected chi connectivity index (χ0v) is 12.0. The van der Waals surface area contributed by atoms with Gasteiger partial charge in [0, 0.05) is 12.3 Å². The zero-order valence-electron chi connectivity index (χ0n) is 11.2. The van der Waals surface area contributed by atoms with E-state index in [9.17, 15) is 8.78 Å². The van der Waals surface area contributed by atoms with Crippen LogP contribution in [0.4, 0.5) is 14.5 Å².